The molecule has 1 aliphatic rings. The van der Waals surface area contributed by atoms with E-state index in [0.29, 0.717) is 17.3 Å². The highest BCUT2D eigenvalue weighted by molar-refractivity contribution is 7.99. The molecule has 0 spiro atoms. The molecule has 4 nitrogen and oxygen atoms in total. The average Bonchev–Trinajstić information content (AvgIpc) is 2.26. The number of rotatable bonds is 2. The van der Waals surface area contributed by atoms with E-state index < -0.39 is 0 Å². The molecule has 0 aromatic heterocycles. The number of nitrogens with zero attached hydrogens (tertiary/aromatic N) is 1. The van der Waals surface area contributed by atoms with Crippen molar-refractivity contribution in [3.05, 3.63) is 0 Å². The van der Waals surface area contributed by atoms with Crippen molar-refractivity contribution in [3.63, 3.8) is 0 Å². The fourth-order valence-corrected chi connectivity index (χ4v) is 2.83. The molecule has 0 amide bonds. The first-order chi connectivity index (χ1) is 6.81. The SMILES string of the molecule is CN=C(NN)NC1CCCCC1SC. The van der Waals surface area contributed by atoms with Crippen LogP contribution in [-0.2, 0) is 0 Å². The summed E-state index contributed by atoms with van der Waals surface area (Å²) in [5, 5.41) is 4.04. The average molecular weight is 216 g/mol. The van der Waals surface area contributed by atoms with Crippen LogP contribution in [0.1, 0.15) is 25.7 Å². The minimum absolute atomic E-state index is 0.508. The molecule has 1 saturated carbocycles. The van der Waals surface area contributed by atoms with Gasteiger partial charge in [-0.25, -0.2) is 5.84 Å². The van der Waals surface area contributed by atoms with Gasteiger partial charge in [-0.05, 0) is 19.1 Å². The van der Waals surface area contributed by atoms with Gasteiger partial charge in [-0.1, -0.05) is 12.8 Å². The van der Waals surface area contributed by atoms with Crippen LogP contribution in [-0.4, -0.2) is 30.6 Å². The Morgan fingerprint density at radius 3 is 2.71 bits per heavy atom. The molecule has 0 radical (unpaired) electrons. The van der Waals surface area contributed by atoms with E-state index in [1.165, 1.54) is 25.7 Å². The van der Waals surface area contributed by atoms with Gasteiger partial charge in [0.05, 0.1) is 0 Å². The zero-order valence-electron chi connectivity index (χ0n) is 8.92. The summed E-state index contributed by atoms with van der Waals surface area (Å²) in [4.78, 5) is 4.03. The maximum Gasteiger partial charge on any atom is 0.205 e. The molecule has 14 heavy (non-hydrogen) atoms. The molecule has 0 aliphatic heterocycles. The topological polar surface area (TPSA) is 62.4 Å². The summed E-state index contributed by atoms with van der Waals surface area (Å²) in [7, 11) is 1.74. The Morgan fingerprint density at radius 1 is 1.43 bits per heavy atom. The van der Waals surface area contributed by atoms with E-state index in [4.69, 9.17) is 5.84 Å². The largest absolute Gasteiger partial charge is 0.351 e. The van der Waals surface area contributed by atoms with Crippen molar-refractivity contribution in [2.45, 2.75) is 37.0 Å². The van der Waals surface area contributed by atoms with Crippen molar-refractivity contribution in [3.8, 4) is 0 Å². The summed E-state index contributed by atoms with van der Waals surface area (Å²) in [6, 6.07) is 0.508. The van der Waals surface area contributed by atoms with Crippen LogP contribution in [0.5, 0.6) is 0 Å². The van der Waals surface area contributed by atoms with Gasteiger partial charge < -0.3 is 5.32 Å². The summed E-state index contributed by atoms with van der Waals surface area (Å²) in [5.41, 5.74) is 2.57. The molecule has 2 unspecified atom stereocenters. The van der Waals surface area contributed by atoms with Crippen LogP contribution in [0.15, 0.2) is 4.99 Å². The summed E-state index contributed by atoms with van der Waals surface area (Å²) >= 11 is 1.93. The van der Waals surface area contributed by atoms with Gasteiger partial charge in [0.1, 0.15) is 0 Å². The molecule has 2 atom stereocenters. The second-order valence-corrected chi connectivity index (χ2v) is 4.60. The van der Waals surface area contributed by atoms with Crippen LogP contribution in [0.3, 0.4) is 0 Å². The molecule has 0 bridgehead atoms. The van der Waals surface area contributed by atoms with E-state index >= 15 is 0 Å². The Labute approximate surface area is 90.1 Å². The van der Waals surface area contributed by atoms with Crippen molar-refractivity contribution in [2.75, 3.05) is 13.3 Å². The third kappa shape index (κ3) is 3.06. The minimum Gasteiger partial charge on any atom is -0.351 e. The van der Waals surface area contributed by atoms with Crippen molar-refractivity contribution in [1.82, 2.24) is 10.7 Å². The fourth-order valence-electron chi connectivity index (χ4n) is 1.89. The molecule has 82 valence electrons. The van der Waals surface area contributed by atoms with Gasteiger partial charge in [0.2, 0.25) is 5.96 Å². The Morgan fingerprint density at radius 2 is 2.14 bits per heavy atom. The van der Waals surface area contributed by atoms with Crippen LogP contribution >= 0.6 is 11.8 Å². The molecule has 1 aliphatic carbocycles. The zero-order valence-corrected chi connectivity index (χ0v) is 9.73. The minimum atomic E-state index is 0.508. The first-order valence-corrected chi connectivity index (χ1v) is 6.33. The number of aliphatic imine (C=N–C) groups is 1. The molecule has 1 fully saturated rings. The Kier molecular flexibility index (Phi) is 5.11. The molecular weight excluding hydrogens is 196 g/mol. The molecule has 4 N–H and O–H groups in total. The summed E-state index contributed by atoms with van der Waals surface area (Å²) in [6.45, 7) is 0. The van der Waals surface area contributed by atoms with Crippen molar-refractivity contribution in [2.24, 2.45) is 10.8 Å². The third-order valence-corrected chi connectivity index (χ3v) is 3.86. The lowest BCUT2D eigenvalue weighted by Gasteiger charge is -2.31. The van der Waals surface area contributed by atoms with Gasteiger partial charge in [-0.3, -0.25) is 10.4 Å². The zero-order chi connectivity index (χ0) is 10.4. The number of guanidine groups is 1. The molecule has 0 saturated heterocycles. The molecule has 0 aromatic carbocycles. The smallest absolute Gasteiger partial charge is 0.205 e. The van der Waals surface area contributed by atoms with Crippen molar-refractivity contribution >= 4 is 17.7 Å². The summed E-state index contributed by atoms with van der Waals surface area (Å²) < 4.78 is 0. The van der Waals surface area contributed by atoms with Gasteiger partial charge >= 0.3 is 0 Å². The highest BCUT2D eigenvalue weighted by atomic mass is 32.2. The lowest BCUT2D eigenvalue weighted by Crippen LogP contribution is -2.50. The first-order valence-electron chi connectivity index (χ1n) is 5.04. The standard InChI is InChI=1S/C9H20N4S/c1-11-9(13-10)12-7-5-3-4-6-8(7)14-2/h7-8H,3-6,10H2,1-2H3,(H2,11,12,13). The highest BCUT2D eigenvalue weighted by Crippen LogP contribution is 2.26. The Balaban J connectivity index is 2.47. The number of hydrazine groups is 1. The normalized spacial score (nSPS) is 28.6. The lowest BCUT2D eigenvalue weighted by molar-refractivity contribution is 0.422. The van der Waals surface area contributed by atoms with Crippen molar-refractivity contribution < 1.29 is 0 Å². The van der Waals surface area contributed by atoms with Gasteiger partial charge in [0.25, 0.3) is 0 Å². The number of nitrogens with one attached hydrogen (secondary N) is 2. The Hall–Kier alpha value is -0.420. The monoisotopic (exact) mass is 216 g/mol. The van der Waals surface area contributed by atoms with E-state index in [9.17, 15) is 0 Å². The van der Waals surface area contributed by atoms with E-state index in [0.717, 1.165) is 0 Å². The molecule has 0 heterocycles. The van der Waals surface area contributed by atoms with Gasteiger partial charge in [-0.2, -0.15) is 11.8 Å². The lowest BCUT2D eigenvalue weighted by atomic mass is 9.95. The van der Waals surface area contributed by atoms with E-state index in [1.807, 2.05) is 11.8 Å². The summed E-state index contributed by atoms with van der Waals surface area (Å²) in [6.07, 6.45) is 7.32. The highest BCUT2D eigenvalue weighted by Gasteiger charge is 2.24. The second-order valence-electron chi connectivity index (χ2n) is 3.53. The van der Waals surface area contributed by atoms with Gasteiger partial charge in [-0.15, -0.1) is 0 Å². The summed E-state index contributed by atoms with van der Waals surface area (Å²) in [5.74, 6) is 6.03. The predicted octanol–water partition coefficient (Wildman–Crippen LogP) is 0.699. The molecule has 1 rings (SSSR count). The number of hydrogen-bond donors (Lipinski definition) is 3. The Bertz CT molecular complexity index is 195. The third-order valence-electron chi connectivity index (χ3n) is 2.69. The van der Waals surface area contributed by atoms with Crippen LogP contribution < -0.4 is 16.6 Å². The van der Waals surface area contributed by atoms with Crippen LogP contribution in [0, 0.1) is 0 Å². The van der Waals surface area contributed by atoms with Crippen LogP contribution in [0.2, 0.25) is 0 Å². The van der Waals surface area contributed by atoms with Crippen molar-refractivity contribution in [1.29, 1.82) is 0 Å². The number of hydrogen-bond acceptors (Lipinski definition) is 3. The van der Waals surface area contributed by atoms with E-state index in [1.54, 1.807) is 7.05 Å². The molecular formula is C9H20N4S. The molecule has 5 heteroatoms. The maximum absolute atomic E-state index is 5.34. The van der Waals surface area contributed by atoms with E-state index in [-0.39, 0.29) is 0 Å². The van der Waals surface area contributed by atoms with E-state index in [2.05, 4.69) is 22.0 Å². The maximum atomic E-state index is 5.34. The van der Waals surface area contributed by atoms with Crippen LogP contribution in [0.4, 0.5) is 0 Å². The molecule has 0 aromatic rings. The van der Waals surface area contributed by atoms with Crippen LogP contribution in [0.25, 0.3) is 0 Å². The predicted molar refractivity (Wildman–Crippen MR) is 63.4 cm³/mol. The number of thioether (sulfide) groups is 1. The van der Waals surface area contributed by atoms with Gasteiger partial charge in [0, 0.05) is 18.3 Å². The quantitative estimate of drug-likeness (QED) is 0.275. The fraction of sp³-hybridized carbons (Fsp3) is 0.889. The van der Waals surface area contributed by atoms with Gasteiger partial charge in [0.15, 0.2) is 0 Å². The second kappa shape index (κ2) is 6.14. The first kappa shape index (κ1) is 11.7. The number of nitrogens with two attached hydrogens (primary N) is 1.